The Morgan fingerprint density at radius 3 is 2.00 bits per heavy atom. The van der Waals surface area contributed by atoms with E-state index in [-0.39, 0.29) is 0 Å². The van der Waals surface area contributed by atoms with E-state index in [1.807, 2.05) is 0 Å². The number of hydrogen-bond acceptors (Lipinski definition) is 0. The van der Waals surface area contributed by atoms with Crippen molar-refractivity contribution in [3.63, 3.8) is 0 Å². The summed E-state index contributed by atoms with van der Waals surface area (Å²) in [7, 11) is 0. The molecule has 0 aromatic carbocycles. The van der Waals surface area contributed by atoms with Gasteiger partial charge in [0.2, 0.25) is 0 Å². The molecule has 0 aliphatic carbocycles. The van der Waals surface area contributed by atoms with E-state index in [0.29, 0.717) is 0 Å². The zero-order valence-corrected chi connectivity index (χ0v) is 7.65. The molecule has 1 heterocycles. The molecule has 1 rings (SSSR count). The molecule has 0 aromatic rings. The van der Waals surface area contributed by atoms with Crippen molar-refractivity contribution in [2.75, 3.05) is 0 Å². The standard InChI is InChI=1S/C6H12Ge/c1-5(2)7-4-6(7)3/h4-5,7H,1-3H3. The SMILES string of the molecule is C[C]1=[CH][GeH]1[CH](C)C. The monoisotopic (exact) mass is 158 g/mol. The molecule has 1 atom stereocenters. The second kappa shape index (κ2) is 1.66. The second-order valence-corrected chi connectivity index (χ2v) is 10.3. The van der Waals surface area contributed by atoms with Gasteiger partial charge in [0, 0.05) is 0 Å². The third kappa shape index (κ3) is 1.09. The van der Waals surface area contributed by atoms with Crippen LogP contribution >= 0.6 is 0 Å². The summed E-state index contributed by atoms with van der Waals surface area (Å²) in [6, 6.07) is 0. The summed E-state index contributed by atoms with van der Waals surface area (Å²) in [6.45, 7) is 6.97. The van der Waals surface area contributed by atoms with E-state index < -0.39 is 14.3 Å². The van der Waals surface area contributed by atoms with Crippen LogP contribution in [0.4, 0.5) is 0 Å². The fraction of sp³-hybridized carbons (Fsp3) is 0.667. The van der Waals surface area contributed by atoms with E-state index in [1.54, 1.807) is 4.41 Å². The maximum absolute atomic E-state index is 2.51. The van der Waals surface area contributed by atoms with Gasteiger partial charge in [0.05, 0.1) is 0 Å². The molecule has 7 heavy (non-hydrogen) atoms. The summed E-state index contributed by atoms with van der Waals surface area (Å²) >= 11 is -0.701. The molecule has 1 heteroatoms. The number of hydrogen-bond donors (Lipinski definition) is 0. The van der Waals surface area contributed by atoms with Crippen molar-refractivity contribution in [1.82, 2.24) is 0 Å². The Balaban J connectivity index is 2.25. The molecule has 40 valence electrons. The molecule has 0 amide bonds. The normalized spacial score (nSPS) is 28.0. The molecule has 0 bridgehead atoms. The Labute approximate surface area is 49.7 Å². The van der Waals surface area contributed by atoms with Gasteiger partial charge in [-0.3, -0.25) is 0 Å². The third-order valence-electron chi connectivity index (χ3n) is 1.58. The van der Waals surface area contributed by atoms with E-state index in [1.165, 1.54) is 0 Å². The van der Waals surface area contributed by atoms with Crippen LogP contribution in [-0.2, 0) is 0 Å². The summed E-state index contributed by atoms with van der Waals surface area (Å²) in [6.07, 6.45) is 0. The van der Waals surface area contributed by atoms with E-state index in [2.05, 4.69) is 25.7 Å². The zero-order chi connectivity index (χ0) is 5.44. The maximum atomic E-state index is 2.51. The first kappa shape index (κ1) is 5.42. The quantitative estimate of drug-likeness (QED) is 0.507. The molecule has 1 aliphatic heterocycles. The van der Waals surface area contributed by atoms with Crippen LogP contribution in [0.25, 0.3) is 0 Å². The van der Waals surface area contributed by atoms with E-state index in [9.17, 15) is 0 Å². The molecular weight excluding hydrogens is 145 g/mol. The first-order valence-electron chi connectivity index (χ1n) is 2.90. The number of rotatable bonds is 1. The fourth-order valence-electron chi connectivity index (χ4n) is 0.953. The third-order valence-corrected chi connectivity index (χ3v) is 8.20. The summed E-state index contributed by atoms with van der Waals surface area (Å²) in [5.74, 6) is 0. The first-order valence-corrected chi connectivity index (χ1v) is 6.91. The van der Waals surface area contributed by atoms with Crippen molar-refractivity contribution in [3.8, 4) is 0 Å². The van der Waals surface area contributed by atoms with Crippen LogP contribution in [0.2, 0.25) is 4.75 Å². The molecule has 0 radical (unpaired) electrons. The molecule has 0 aromatic heterocycles. The topological polar surface area (TPSA) is 0 Å². The molecule has 1 aliphatic rings. The average Bonchev–Trinajstić information content (AvgIpc) is 2.17. The molecule has 0 fully saturated rings. The van der Waals surface area contributed by atoms with Gasteiger partial charge in [-0.05, 0) is 0 Å². The molecule has 0 nitrogen and oxygen atoms in total. The van der Waals surface area contributed by atoms with Gasteiger partial charge >= 0.3 is 49.2 Å². The van der Waals surface area contributed by atoms with Crippen LogP contribution in [0.5, 0.6) is 0 Å². The van der Waals surface area contributed by atoms with Crippen LogP contribution in [0.3, 0.4) is 0 Å². The number of allylic oxidation sites excluding steroid dienone is 1. The van der Waals surface area contributed by atoms with Gasteiger partial charge in [-0.1, -0.05) is 0 Å². The van der Waals surface area contributed by atoms with Gasteiger partial charge in [0.1, 0.15) is 0 Å². The molecule has 0 saturated carbocycles. The summed E-state index contributed by atoms with van der Waals surface area (Å²) < 4.78 is 2.80. The van der Waals surface area contributed by atoms with Crippen molar-refractivity contribution in [1.29, 1.82) is 0 Å². The Morgan fingerprint density at radius 1 is 1.57 bits per heavy atom. The molecule has 1 unspecified atom stereocenters. The summed E-state index contributed by atoms with van der Waals surface area (Å²) in [4.78, 5) is 2.51. The average molecular weight is 157 g/mol. The van der Waals surface area contributed by atoms with Crippen molar-refractivity contribution < 1.29 is 0 Å². The van der Waals surface area contributed by atoms with Gasteiger partial charge < -0.3 is 0 Å². The van der Waals surface area contributed by atoms with Crippen molar-refractivity contribution in [2.24, 2.45) is 0 Å². The summed E-state index contributed by atoms with van der Waals surface area (Å²) in [5, 5.41) is 0. The predicted octanol–water partition coefficient (Wildman–Crippen LogP) is 1.66. The van der Waals surface area contributed by atoms with Crippen LogP contribution in [0, 0.1) is 0 Å². The van der Waals surface area contributed by atoms with E-state index in [4.69, 9.17) is 0 Å². The van der Waals surface area contributed by atoms with Gasteiger partial charge in [0.15, 0.2) is 0 Å². The first-order chi connectivity index (χ1) is 3.22. The summed E-state index contributed by atoms with van der Waals surface area (Å²) in [5.41, 5.74) is 0. The predicted molar refractivity (Wildman–Crippen MR) is 36.0 cm³/mol. The second-order valence-electron chi connectivity index (χ2n) is 2.68. The van der Waals surface area contributed by atoms with E-state index >= 15 is 0 Å². The van der Waals surface area contributed by atoms with Crippen LogP contribution in [0.1, 0.15) is 20.8 Å². The molecule has 0 spiro atoms. The van der Waals surface area contributed by atoms with Crippen LogP contribution in [0.15, 0.2) is 9.31 Å². The Hall–Kier alpha value is 0.283. The van der Waals surface area contributed by atoms with E-state index in [0.717, 1.165) is 4.75 Å². The van der Waals surface area contributed by atoms with Gasteiger partial charge in [-0.15, -0.1) is 0 Å². The Kier molecular flexibility index (Phi) is 1.28. The molecular formula is C6H12Ge. The van der Waals surface area contributed by atoms with Crippen molar-refractivity contribution in [2.45, 2.75) is 25.5 Å². The van der Waals surface area contributed by atoms with Gasteiger partial charge in [-0.25, -0.2) is 0 Å². The van der Waals surface area contributed by atoms with Crippen molar-refractivity contribution in [3.05, 3.63) is 9.31 Å². The Morgan fingerprint density at radius 2 is 2.00 bits per heavy atom. The van der Waals surface area contributed by atoms with Gasteiger partial charge in [0.25, 0.3) is 0 Å². The van der Waals surface area contributed by atoms with Crippen LogP contribution in [-0.4, -0.2) is 14.3 Å². The minimum atomic E-state index is -0.701. The Bertz CT molecular complexity index is 103. The van der Waals surface area contributed by atoms with Gasteiger partial charge in [-0.2, -0.15) is 0 Å². The molecule has 0 N–H and O–H groups in total. The fourth-order valence-corrected chi connectivity index (χ4v) is 6.17. The molecule has 0 saturated heterocycles. The van der Waals surface area contributed by atoms with Crippen LogP contribution < -0.4 is 0 Å². The van der Waals surface area contributed by atoms with Crippen molar-refractivity contribution >= 4 is 14.3 Å². The minimum absolute atomic E-state index is 0.701. The zero-order valence-electron chi connectivity index (χ0n) is 5.23.